The standard InChI is InChI=1S/C16H20BrNOS/c1-3-8-18-15(13-10-20-11-14(13)17)9-12-6-4-5-7-16(12)19-2/h4-7,10-11,15,18H,3,8-9H2,1-2H3. The molecule has 0 spiro atoms. The van der Waals surface area contributed by atoms with Gasteiger partial charge in [0, 0.05) is 15.9 Å². The van der Waals surface area contributed by atoms with E-state index in [-0.39, 0.29) is 0 Å². The number of benzene rings is 1. The minimum absolute atomic E-state index is 0.312. The van der Waals surface area contributed by atoms with Crippen LogP contribution in [0.5, 0.6) is 5.75 Å². The number of hydrogen-bond acceptors (Lipinski definition) is 3. The average molecular weight is 354 g/mol. The fourth-order valence-electron chi connectivity index (χ4n) is 2.24. The van der Waals surface area contributed by atoms with Crippen LogP contribution in [0.4, 0.5) is 0 Å². The van der Waals surface area contributed by atoms with Gasteiger partial charge in [0.25, 0.3) is 0 Å². The highest BCUT2D eigenvalue weighted by Crippen LogP contribution is 2.31. The topological polar surface area (TPSA) is 21.3 Å². The molecule has 2 aromatic rings. The summed E-state index contributed by atoms with van der Waals surface area (Å²) >= 11 is 5.38. The lowest BCUT2D eigenvalue weighted by atomic mass is 10.0. The van der Waals surface area contributed by atoms with E-state index in [1.54, 1.807) is 18.4 Å². The van der Waals surface area contributed by atoms with Gasteiger partial charge in [0.1, 0.15) is 5.75 Å². The maximum absolute atomic E-state index is 5.46. The summed E-state index contributed by atoms with van der Waals surface area (Å²) in [6.07, 6.45) is 2.06. The van der Waals surface area contributed by atoms with E-state index in [9.17, 15) is 0 Å². The van der Waals surface area contributed by atoms with E-state index in [1.165, 1.54) is 15.6 Å². The molecule has 1 aromatic heterocycles. The van der Waals surface area contributed by atoms with Crippen LogP contribution in [0.3, 0.4) is 0 Å². The molecule has 1 atom stereocenters. The van der Waals surface area contributed by atoms with Crippen molar-refractivity contribution in [1.82, 2.24) is 5.32 Å². The number of thiophene rings is 1. The van der Waals surface area contributed by atoms with Crippen LogP contribution in [0, 0.1) is 0 Å². The van der Waals surface area contributed by atoms with Gasteiger partial charge in [0.15, 0.2) is 0 Å². The summed E-state index contributed by atoms with van der Waals surface area (Å²) in [5, 5.41) is 7.99. The van der Waals surface area contributed by atoms with Crippen molar-refractivity contribution < 1.29 is 4.74 Å². The summed E-state index contributed by atoms with van der Waals surface area (Å²) in [7, 11) is 1.73. The van der Waals surface area contributed by atoms with Gasteiger partial charge >= 0.3 is 0 Å². The molecule has 4 heteroatoms. The highest BCUT2D eigenvalue weighted by atomic mass is 79.9. The molecule has 20 heavy (non-hydrogen) atoms. The molecule has 2 rings (SSSR count). The fraction of sp³-hybridized carbons (Fsp3) is 0.375. The lowest BCUT2D eigenvalue weighted by Crippen LogP contribution is -2.24. The molecule has 0 aliphatic heterocycles. The molecule has 0 saturated heterocycles. The van der Waals surface area contributed by atoms with Crippen LogP contribution in [0.2, 0.25) is 0 Å². The number of nitrogens with one attached hydrogen (secondary N) is 1. The molecule has 0 aliphatic rings. The molecule has 1 heterocycles. The number of para-hydroxylation sites is 1. The molecule has 0 aliphatic carbocycles. The van der Waals surface area contributed by atoms with E-state index in [4.69, 9.17) is 4.74 Å². The highest BCUT2D eigenvalue weighted by Gasteiger charge is 2.17. The van der Waals surface area contributed by atoms with Gasteiger partial charge in [-0.25, -0.2) is 0 Å². The zero-order chi connectivity index (χ0) is 14.4. The number of hydrogen-bond donors (Lipinski definition) is 1. The third kappa shape index (κ3) is 3.84. The zero-order valence-electron chi connectivity index (χ0n) is 11.9. The predicted molar refractivity (Wildman–Crippen MR) is 89.8 cm³/mol. The van der Waals surface area contributed by atoms with Crippen molar-refractivity contribution in [3.63, 3.8) is 0 Å². The normalized spacial score (nSPS) is 12.3. The number of rotatable bonds is 7. The second-order valence-corrected chi connectivity index (χ2v) is 6.30. The largest absolute Gasteiger partial charge is 0.496 e. The Labute approximate surface area is 133 Å². The van der Waals surface area contributed by atoms with E-state index in [0.29, 0.717) is 6.04 Å². The Morgan fingerprint density at radius 1 is 1.30 bits per heavy atom. The van der Waals surface area contributed by atoms with Gasteiger partial charge in [-0.15, -0.1) is 0 Å². The molecule has 2 nitrogen and oxygen atoms in total. The maximum Gasteiger partial charge on any atom is 0.122 e. The Morgan fingerprint density at radius 3 is 2.75 bits per heavy atom. The van der Waals surface area contributed by atoms with E-state index in [1.807, 2.05) is 12.1 Å². The predicted octanol–water partition coefficient (Wildman–Crippen LogP) is 4.80. The van der Waals surface area contributed by atoms with Crippen molar-refractivity contribution in [2.45, 2.75) is 25.8 Å². The van der Waals surface area contributed by atoms with Crippen molar-refractivity contribution in [3.8, 4) is 5.75 Å². The Balaban J connectivity index is 2.21. The molecule has 1 aromatic carbocycles. The van der Waals surface area contributed by atoms with Gasteiger partial charge in [-0.05, 0) is 57.9 Å². The van der Waals surface area contributed by atoms with Gasteiger partial charge < -0.3 is 10.1 Å². The molecule has 108 valence electrons. The van der Waals surface area contributed by atoms with Crippen molar-refractivity contribution >= 4 is 27.3 Å². The first kappa shape index (κ1) is 15.5. The third-order valence-corrected chi connectivity index (χ3v) is 5.03. The Kier molecular flexibility index (Phi) is 6.07. The molecule has 1 unspecified atom stereocenters. The van der Waals surface area contributed by atoms with Gasteiger partial charge in [-0.2, -0.15) is 11.3 Å². The quantitative estimate of drug-likeness (QED) is 0.771. The highest BCUT2D eigenvalue weighted by molar-refractivity contribution is 9.10. The van der Waals surface area contributed by atoms with Gasteiger partial charge in [0.05, 0.1) is 7.11 Å². The van der Waals surface area contributed by atoms with E-state index in [0.717, 1.165) is 25.1 Å². The molecule has 0 bridgehead atoms. The van der Waals surface area contributed by atoms with Crippen LogP contribution >= 0.6 is 27.3 Å². The first-order valence-electron chi connectivity index (χ1n) is 6.83. The second-order valence-electron chi connectivity index (χ2n) is 4.70. The van der Waals surface area contributed by atoms with E-state index < -0.39 is 0 Å². The summed E-state index contributed by atoms with van der Waals surface area (Å²) in [6, 6.07) is 8.55. The van der Waals surface area contributed by atoms with Crippen molar-refractivity contribution in [2.75, 3.05) is 13.7 Å². The summed E-state index contributed by atoms with van der Waals surface area (Å²) < 4.78 is 6.65. The average Bonchev–Trinajstić information content (AvgIpc) is 2.90. The van der Waals surface area contributed by atoms with Crippen molar-refractivity contribution in [3.05, 3.63) is 50.6 Å². The molecular formula is C16H20BrNOS. The Bertz CT molecular complexity index is 541. The van der Waals surface area contributed by atoms with Crippen LogP contribution in [0.25, 0.3) is 0 Å². The summed E-state index contributed by atoms with van der Waals surface area (Å²) in [5.41, 5.74) is 2.57. The number of methoxy groups -OCH3 is 1. The maximum atomic E-state index is 5.46. The van der Waals surface area contributed by atoms with Gasteiger partial charge in [-0.1, -0.05) is 25.1 Å². The van der Waals surface area contributed by atoms with Gasteiger partial charge in [0.2, 0.25) is 0 Å². The number of halogens is 1. The third-order valence-electron chi connectivity index (χ3n) is 3.28. The van der Waals surface area contributed by atoms with Crippen LogP contribution in [-0.4, -0.2) is 13.7 Å². The summed E-state index contributed by atoms with van der Waals surface area (Å²) in [6.45, 7) is 3.21. The molecule has 0 fully saturated rings. The Morgan fingerprint density at radius 2 is 2.10 bits per heavy atom. The lowest BCUT2D eigenvalue weighted by molar-refractivity contribution is 0.405. The smallest absolute Gasteiger partial charge is 0.122 e. The van der Waals surface area contributed by atoms with E-state index >= 15 is 0 Å². The van der Waals surface area contributed by atoms with Crippen molar-refractivity contribution in [2.24, 2.45) is 0 Å². The Hall–Kier alpha value is -0.840. The summed E-state index contributed by atoms with van der Waals surface area (Å²) in [5.74, 6) is 0.960. The lowest BCUT2D eigenvalue weighted by Gasteiger charge is -2.20. The van der Waals surface area contributed by atoms with Crippen LogP contribution in [-0.2, 0) is 6.42 Å². The fourth-order valence-corrected chi connectivity index (χ4v) is 3.87. The molecular weight excluding hydrogens is 334 g/mol. The minimum Gasteiger partial charge on any atom is -0.496 e. The van der Waals surface area contributed by atoms with Crippen LogP contribution in [0.1, 0.15) is 30.5 Å². The van der Waals surface area contributed by atoms with Crippen LogP contribution in [0.15, 0.2) is 39.5 Å². The molecule has 0 radical (unpaired) electrons. The molecule has 1 N–H and O–H groups in total. The zero-order valence-corrected chi connectivity index (χ0v) is 14.3. The number of ether oxygens (including phenoxy) is 1. The molecule has 0 amide bonds. The SMILES string of the molecule is CCCNC(Cc1ccccc1OC)c1cscc1Br. The van der Waals surface area contributed by atoms with E-state index in [2.05, 4.69) is 51.1 Å². The first-order chi connectivity index (χ1) is 9.76. The first-order valence-corrected chi connectivity index (χ1v) is 8.56. The summed E-state index contributed by atoms with van der Waals surface area (Å²) in [4.78, 5) is 0. The monoisotopic (exact) mass is 353 g/mol. The van der Waals surface area contributed by atoms with Crippen LogP contribution < -0.4 is 10.1 Å². The minimum atomic E-state index is 0.312. The van der Waals surface area contributed by atoms with Crippen molar-refractivity contribution in [1.29, 1.82) is 0 Å². The molecule has 0 saturated carbocycles. The van der Waals surface area contributed by atoms with Gasteiger partial charge in [-0.3, -0.25) is 0 Å². The second kappa shape index (κ2) is 7.81.